The van der Waals surface area contributed by atoms with Gasteiger partial charge < -0.3 is 5.73 Å². The van der Waals surface area contributed by atoms with E-state index in [2.05, 4.69) is 15.2 Å². The largest absolute Gasteiger partial charge is 0.367 e. The van der Waals surface area contributed by atoms with Gasteiger partial charge in [-0.3, -0.25) is 5.10 Å². The van der Waals surface area contributed by atoms with Gasteiger partial charge in [0.2, 0.25) is 5.95 Å². The summed E-state index contributed by atoms with van der Waals surface area (Å²) in [5.41, 5.74) is 5.43. The van der Waals surface area contributed by atoms with Crippen LogP contribution in [0, 0.1) is 0 Å². The number of nitrogens with one attached hydrogen (secondary N) is 1. The van der Waals surface area contributed by atoms with Crippen LogP contribution in [0.5, 0.6) is 0 Å². The minimum absolute atomic E-state index is 0. The van der Waals surface area contributed by atoms with Crippen LogP contribution in [0.1, 0.15) is 43.8 Å². The molecule has 0 aliphatic heterocycles. The molecule has 4 nitrogen and oxygen atoms in total. The van der Waals surface area contributed by atoms with E-state index in [1.54, 1.807) is 0 Å². The molecule has 1 aliphatic carbocycles. The standard InChI is InChI=1S/C8H14N4.ClH/c9-8-10-7(11-12-8)6-4-2-1-3-5-6;/h6H,1-5H2,(H3,9,10,11,12);1H. The van der Waals surface area contributed by atoms with E-state index in [0.717, 1.165) is 5.82 Å². The summed E-state index contributed by atoms with van der Waals surface area (Å²) in [7, 11) is 0. The molecule has 74 valence electrons. The van der Waals surface area contributed by atoms with Gasteiger partial charge >= 0.3 is 0 Å². The Bertz CT molecular complexity index is 254. The van der Waals surface area contributed by atoms with Crippen molar-refractivity contribution < 1.29 is 0 Å². The molecule has 1 heterocycles. The Morgan fingerprint density at radius 3 is 2.46 bits per heavy atom. The van der Waals surface area contributed by atoms with Gasteiger partial charge in [0.05, 0.1) is 0 Å². The molecule has 0 bridgehead atoms. The third-order valence-electron chi connectivity index (χ3n) is 2.51. The molecule has 1 fully saturated rings. The van der Waals surface area contributed by atoms with Crippen molar-refractivity contribution in [3.8, 4) is 0 Å². The number of nitrogens with two attached hydrogens (primary N) is 1. The van der Waals surface area contributed by atoms with E-state index in [1.807, 2.05) is 0 Å². The van der Waals surface area contributed by atoms with Crippen molar-refractivity contribution in [2.75, 3.05) is 5.73 Å². The molecular weight excluding hydrogens is 188 g/mol. The van der Waals surface area contributed by atoms with Gasteiger partial charge in [-0.2, -0.15) is 4.98 Å². The average molecular weight is 203 g/mol. The van der Waals surface area contributed by atoms with Crippen LogP contribution in [-0.2, 0) is 0 Å². The molecule has 0 amide bonds. The first-order valence-corrected chi connectivity index (χ1v) is 4.54. The first-order valence-electron chi connectivity index (χ1n) is 4.54. The summed E-state index contributed by atoms with van der Waals surface area (Å²) >= 11 is 0. The van der Waals surface area contributed by atoms with Gasteiger partial charge in [0.1, 0.15) is 5.82 Å². The maximum atomic E-state index is 5.43. The smallest absolute Gasteiger partial charge is 0.239 e. The number of anilines is 1. The third kappa shape index (κ3) is 2.34. The lowest BCUT2D eigenvalue weighted by Gasteiger charge is -2.18. The summed E-state index contributed by atoms with van der Waals surface area (Å²) in [5.74, 6) is 1.92. The van der Waals surface area contributed by atoms with Gasteiger partial charge in [0.15, 0.2) is 0 Å². The van der Waals surface area contributed by atoms with Crippen LogP contribution in [0.2, 0.25) is 0 Å². The molecule has 3 N–H and O–H groups in total. The SMILES string of the molecule is Cl.Nc1n[nH]c(C2CCCCC2)n1. The second-order valence-electron chi connectivity index (χ2n) is 3.41. The predicted molar refractivity (Wildman–Crippen MR) is 53.9 cm³/mol. The normalized spacial score (nSPS) is 18.2. The van der Waals surface area contributed by atoms with Gasteiger partial charge in [-0.15, -0.1) is 17.5 Å². The highest BCUT2D eigenvalue weighted by Gasteiger charge is 2.18. The number of halogens is 1. The van der Waals surface area contributed by atoms with E-state index in [-0.39, 0.29) is 12.4 Å². The van der Waals surface area contributed by atoms with Crippen LogP contribution in [0.15, 0.2) is 0 Å². The number of rotatable bonds is 1. The van der Waals surface area contributed by atoms with E-state index >= 15 is 0 Å². The number of H-pyrrole nitrogens is 1. The number of hydrogen-bond acceptors (Lipinski definition) is 3. The van der Waals surface area contributed by atoms with E-state index in [4.69, 9.17) is 5.73 Å². The number of aromatic amines is 1. The van der Waals surface area contributed by atoms with E-state index in [0.29, 0.717) is 11.9 Å². The quantitative estimate of drug-likeness (QED) is 0.731. The Balaban J connectivity index is 0.000000845. The maximum absolute atomic E-state index is 5.43. The van der Waals surface area contributed by atoms with Gasteiger partial charge in [-0.1, -0.05) is 19.3 Å². The average Bonchev–Trinajstić information content (AvgIpc) is 2.54. The Kier molecular flexibility index (Phi) is 3.54. The van der Waals surface area contributed by atoms with Crippen molar-refractivity contribution in [2.45, 2.75) is 38.0 Å². The van der Waals surface area contributed by atoms with Crippen LogP contribution in [0.3, 0.4) is 0 Å². The number of nitrogens with zero attached hydrogens (tertiary/aromatic N) is 2. The van der Waals surface area contributed by atoms with Crippen LogP contribution in [0.4, 0.5) is 5.95 Å². The molecule has 1 aliphatic rings. The summed E-state index contributed by atoms with van der Waals surface area (Å²) in [6.07, 6.45) is 6.44. The Labute approximate surface area is 83.7 Å². The van der Waals surface area contributed by atoms with Crippen LogP contribution < -0.4 is 5.73 Å². The third-order valence-corrected chi connectivity index (χ3v) is 2.51. The van der Waals surface area contributed by atoms with Crippen LogP contribution >= 0.6 is 12.4 Å². The molecule has 0 unspecified atom stereocenters. The molecule has 5 heteroatoms. The molecule has 13 heavy (non-hydrogen) atoms. The summed E-state index contributed by atoms with van der Waals surface area (Å²) in [5, 5.41) is 6.72. The van der Waals surface area contributed by atoms with Crippen molar-refractivity contribution in [1.82, 2.24) is 15.2 Å². The topological polar surface area (TPSA) is 67.6 Å². The Hall–Kier alpha value is -0.770. The van der Waals surface area contributed by atoms with Crippen molar-refractivity contribution >= 4 is 18.4 Å². The van der Waals surface area contributed by atoms with Crippen LogP contribution in [0.25, 0.3) is 0 Å². The molecule has 0 aromatic carbocycles. The Morgan fingerprint density at radius 2 is 1.92 bits per heavy atom. The lowest BCUT2D eigenvalue weighted by atomic mass is 9.89. The highest BCUT2D eigenvalue weighted by molar-refractivity contribution is 5.85. The van der Waals surface area contributed by atoms with Crippen LogP contribution in [-0.4, -0.2) is 15.2 Å². The van der Waals surface area contributed by atoms with Gasteiger partial charge in [-0.25, -0.2) is 0 Å². The van der Waals surface area contributed by atoms with Crippen molar-refractivity contribution in [3.63, 3.8) is 0 Å². The monoisotopic (exact) mass is 202 g/mol. The zero-order chi connectivity index (χ0) is 8.39. The van der Waals surface area contributed by atoms with Crippen molar-refractivity contribution in [3.05, 3.63) is 5.82 Å². The second kappa shape index (κ2) is 4.46. The lowest BCUT2D eigenvalue weighted by Crippen LogP contribution is -2.06. The summed E-state index contributed by atoms with van der Waals surface area (Å²) < 4.78 is 0. The molecule has 1 aromatic heterocycles. The Morgan fingerprint density at radius 1 is 1.23 bits per heavy atom. The summed E-state index contributed by atoms with van der Waals surface area (Å²) in [6, 6.07) is 0. The number of hydrogen-bond donors (Lipinski definition) is 2. The lowest BCUT2D eigenvalue weighted by molar-refractivity contribution is 0.429. The predicted octanol–water partition coefficient (Wildman–Crippen LogP) is 1.86. The molecule has 1 saturated carbocycles. The highest BCUT2D eigenvalue weighted by atomic mass is 35.5. The van der Waals surface area contributed by atoms with Crippen molar-refractivity contribution in [2.24, 2.45) is 0 Å². The van der Waals surface area contributed by atoms with Gasteiger partial charge in [0.25, 0.3) is 0 Å². The van der Waals surface area contributed by atoms with Gasteiger partial charge in [-0.05, 0) is 12.8 Å². The van der Waals surface area contributed by atoms with Crippen molar-refractivity contribution in [1.29, 1.82) is 0 Å². The second-order valence-corrected chi connectivity index (χ2v) is 3.41. The summed E-state index contributed by atoms with van der Waals surface area (Å²) in [4.78, 5) is 4.15. The number of aromatic nitrogens is 3. The van der Waals surface area contributed by atoms with Gasteiger partial charge in [0, 0.05) is 5.92 Å². The van der Waals surface area contributed by atoms with E-state index < -0.39 is 0 Å². The molecule has 0 atom stereocenters. The number of nitrogen functional groups attached to an aromatic ring is 1. The first kappa shape index (κ1) is 10.3. The van der Waals surface area contributed by atoms with E-state index in [1.165, 1.54) is 32.1 Å². The molecule has 0 spiro atoms. The highest BCUT2D eigenvalue weighted by Crippen LogP contribution is 2.30. The fourth-order valence-corrected chi connectivity index (χ4v) is 1.85. The minimum atomic E-state index is 0. The van der Waals surface area contributed by atoms with E-state index in [9.17, 15) is 0 Å². The molecule has 2 rings (SSSR count). The fraction of sp³-hybridized carbons (Fsp3) is 0.750. The molecule has 0 saturated heterocycles. The first-order chi connectivity index (χ1) is 5.86. The molecule has 0 radical (unpaired) electrons. The molecule has 1 aromatic rings. The summed E-state index contributed by atoms with van der Waals surface area (Å²) in [6.45, 7) is 0. The maximum Gasteiger partial charge on any atom is 0.239 e. The zero-order valence-electron chi connectivity index (χ0n) is 7.49. The minimum Gasteiger partial charge on any atom is -0.367 e. The zero-order valence-corrected chi connectivity index (χ0v) is 8.31. The fourth-order valence-electron chi connectivity index (χ4n) is 1.85. The molecular formula is C8H15ClN4.